The average Bonchev–Trinajstić information content (AvgIpc) is 2.54. The molecule has 5 nitrogen and oxygen atoms in total. The quantitative estimate of drug-likeness (QED) is 0.585. The average molecular weight is 343 g/mol. The van der Waals surface area contributed by atoms with Gasteiger partial charge < -0.3 is 5.11 Å². The molecule has 0 aromatic heterocycles. The molecule has 0 amide bonds. The third kappa shape index (κ3) is 7.15. The predicted molar refractivity (Wildman–Crippen MR) is 93.6 cm³/mol. The largest absolute Gasteiger partial charge is 0.408 e. The molecule has 0 saturated carbocycles. The summed E-state index contributed by atoms with van der Waals surface area (Å²) in [7, 11) is -3.35. The van der Waals surface area contributed by atoms with Crippen molar-refractivity contribution in [2.75, 3.05) is 32.9 Å². The molecule has 1 atom stereocenters. The summed E-state index contributed by atoms with van der Waals surface area (Å²) < 4.78 is 25.9. The molecule has 0 saturated heterocycles. The van der Waals surface area contributed by atoms with Crippen molar-refractivity contribution >= 4 is 7.75 Å². The lowest BCUT2D eigenvalue weighted by atomic mass is 10.1. The zero-order valence-corrected chi connectivity index (χ0v) is 15.4. The van der Waals surface area contributed by atoms with Crippen molar-refractivity contribution in [2.45, 2.75) is 40.0 Å². The first-order valence-electron chi connectivity index (χ1n) is 8.36. The zero-order chi connectivity index (χ0) is 17.1. The third-order valence-electron chi connectivity index (χ3n) is 3.42. The van der Waals surface area contributed by atoms with Crippen molar-refractivity contribution in [3.63, 3.8) is 0 Å². The van der Waals surface area contributed by atoms with E-state index in [0.29, 0.717) is 26.1 Å². The molecule has 0 spiro atoms. The topological polar surface area (TPSA) is 59.0 Å². The smallest absolute Gasteiger partial charge is 0.394 e. The molecule has 132 valence electrons. The minimum absolute atomic E-state index is 0.0196. The van der Waals surface area contributed by atoms with Crippen LogP contribution in [0.5, 0.6) is 0 Å². The molecular formula is C17H30NO4P. The number of hydrogen-bond donors (Lipinski definition) is 1. The molecule has 23 heavy (non-hydrogen) atoms. The number of aliphatic hydroxyl groups is 1. The molecule has 0 aliphatic rings. The Hall–Kier alpha value is -0.710. The molecule has 1 rings (SSSR count). The van der Waals surface area contributed by atoms with Gasteiger partial charge in [-0.15, -0.1) is 0 Å². The van der Waals surface area contributed by atoms with Gasteiger partial charge in [0.1, 0.15) is 0 Å². The number of aliphatic hydroxyl groups excluding tert-OH is 1. The minimum Gasteiger partial charge on any atom is -0.394 e. The van der Waals surface area contributed by atoms with Gasteiger partial charge in [-0.2, -0.15) is 0 Å². The Morgan fingerprint density at radius 2 is 1.61 bits per heavy atom. The predicted octanol–water partition coefficient (Wildman–Crippen LogP) is 3.79. The van der Waals surface area contributed by atoms with E-state index in [4.69, 9.17) is 14.2 Å². The Balaban J connectivity index is 2.67. The first-order valence-corrected chi connectivity index (χ1v) is 9.86. The highest BCUT2D eigenvalue weighted by atomic mass is 31.2. The SMILES string of the molecule is CCCN(CCC)P(=O)(OCCO)OCCc1ccc(C)cc1. The van der Waals surface area contributed by atoms with Crippen molar-refractivity contribution in [1.29, 1.82) is 0 Å². The summed E-state index contributed by atoms with van der Waals surface area (Å²) in [6.45, 7) is 7.60. The highest BCUT2D eigenvalue weighted by Gasteiger charge is 2.32. The van der Waals surface area contributed by atoms with E-state index in [1.54, 1.807) is 4.67 Å². The summed E-state index contributed by atoms with van der Waals surface area (Å²) in [6, 6.07) is 8.21. The lowest BCUT2D eigenvalue weighted by molar-refractivity contribution is 0.130. The van der Waals surface area contributed by atoms with E-state index in [2.05, 4.69) is 12.1 Å². The second-order valence-corrected chi connectivity index (χ2v) is 7.57. The van der Waals surface area contributed by atoms with Crippen LogP contribution in [0, 0.1) is 6.92 Å². The fourth-order valence-corrected chi connectivity index (χ4v) is 4.19. The van der Waals surface area contributed by atoms with E-state index in [1.165, 1.54) is 5.56 Å². The maximum Gasteiger partial charge on any atom is 0.408 e. The van der Waals surface area contributed by atoms with Crippen LogP contribution in [-0.2, 0) is 20.0 Å². The normalized spacial score (nSPS) is 14.1. The standard InChI is InChI=1S/C17H30NO4P/c1-4-11-18(12-5-2)23(20,22-15-13-19)21-14-10-17-8-6-16(3)7-9-17/h6-9,19H,4-5,10-15H2,1-3H3. The van der Waals surface area contributed by atoms with Crippen LogP contribution in [0.15, 0.2) is 24.3 Å². The first-order chi connectivity index (χ1) is 11.1. The molecule has 1 aromatic carbocycles. The maximum absolute atomic E-state index is 13.1. The van der Waals surface area contributed by atoms with Crippen LogP contribution in [0.1, 0.15) is 37.8 Å². The van der Waals surface area contributed by atoms with Crippen LogP contribution in [0.3, 0.4) is 0 Å². The lowest BCUT2D eigenvalue weighted by Gasteiger charge is -2.29. The zero-order valence-electron chi connectivity index (χ0n) is 14.5. The maximum atomic E-state index is 13.1. The van der Waals surface area contributed by atoms with Crippen LogP contribution < -0.4 is 0 Å². The Morgan fingerprint density at radius 3 is 2.13 bits per heavy atom. The van der Waals surface area contributed by atoms with E-state index < -0.39 is 7.75 Å². The highest BCUT2D eigenvalue weighted by molar-refractivity contribution is 7.51. The van der Waals surface area contributed by atoms with Gasteiger partial charge in [0, 0.05) is 13.1 Å². The van der Waals surface area contributed by atoms with Crippen LogP contribution in [0.25, 0.3) is 0 Å². The second-order valence-electron chi connectivity index (χ2n) is 5.55. The van der Waals surface area contributed by atoms with Gasteiger partial charge in [-0.3, -0.25) is 9.05 Å². The fraction of sp³-hybridized carbons (Fsp3) is 0.647. The highest BCUT2D eigenvalue weighted by Crippen LogP contribution is 2.52. The van der Waals surface area contributed by atoms with Crippen LogP contribution >= 0.6 is 7.75 Å². The van der Waals surface area contributed by atoms with E-state index in [0.717, 1.165) is 18.4 Å². The monoisotopic (exact) mass is 343 g/mol. The minimum atomic E-state index is -3.35. The number of benzene rings is 1. The molecular weight excluding hydrogens is 313 g/mol. The molecule has 0 bridgehead atoms. The van der Waals surface area contributed by atoms with Gasteiger partial charge >= 0.3 is 7.75 Å². The molecule has 1 N–H and O–H groups in total. The Bertz CT molecular complexity index is 472. The Kier molecular flexibility index (Phi) is 9.68. The molecule has 1 unspecified atom stereocenters. The van der Waals surface area contributed by atoms with Crippen LogP contribution in [0.4, 0.5) is 0 Å². The molecule has 0 radical (unpaired) electrons. The van der Waals surface area contributed by atoms with Gasteiger partial charge in [0.2, 0.25) is 0 Å². The summed E-state index contributed by atoms with van der Waals surface area (Å²) in [5, 5.41) is 8.98. The van der Waals surface area contributed by atoms with Crippen molar-refractivity contribution in [3.05, 3.63) is 35.4 Å². The summed E-state index contributed by atoms with van der Waals surface area (Å²) in [4.78, 5) is 0. The first kappa shape index (κ1) is 20.3. The van der Waals surface area contributed by atoms with Crippen molar-refractivity contribution in [2.24, 2.45) is 0 Å². The van der Waals surface area contributed by atoms with Crippen molar-refractivity contribution in [3.8, 4) is 0 Å². The van der Waals surface area contributed by atoms with Crippen molar-refractivity contribution in [1.82, 2.24) is 4.67 Å². The molecule has 1 aromatic rings. The molecule has 0 fully saturated rings. The number of nitrogens with zero attached hydrogens (tertiary/aromatic N) is 1. The van der Waals surface area contributed by atoms with E-state index in [1.807, 2.05) is 32.9 Å². The Morgan fingerprint density at radius 1 is 1.04 bits per heavy atom. The summed E-state index contributed by atoms with van der Waals surface area (Å²) in [5.74, 6) is 0. The van der Waals surface area contributed by atoms with Gasteiger partial charge in [-0.05, 0) is 31.7 Å². The van der Waals surface area contributed by atoms with E-state index >= 15 is 0 Å². The molecule has 0 aliphatic carbocycles. The molecule has 0 heterocycles. The van der Waals surface area contributed by atoms with Gasteiger partial charge in [0.25, 0.3) is 0 Å². The van der Waals surface area contributed by atoms with E-state index in [-0.39, 0.29) is 13.2 Å². The van der Waals surface area contributed by atoms with Crippen molar-refractivity contribution < 1.29 is 18.7 Å². The summed E-state index contributed by atoms with van der Waals surface area (Å²) in [6.07, 6.45) is 2.42. The number of hydrogen-bond acceptors (Lipinski definition) is 4. The summed E-state index contributed by atoms with van der Waals surface area (Å²) in [5.41, 5.74) is 2.35. The second kappa shape index (κ2) is 11.0. The fourth-order valence-electron chi connectivity index (χ4n) is 2.26. The number of rotatable bonds is 12. The summed E-state index contributed by atoms with van der Waals surface area (Å²) >= 11 is 0. The number of aryl methyl sites for hydroxylation is 1. The lowest BCUT2D eigenvalue weighted by Crippen LogP contribution is -2.26. The van der Waals surface area contributed by atoms with Gasteiger partial charge in [0.05, 0.1) is 19.8 Å². The van der Waals surface area contributed by atoms with Gasteiger partial charge in [-0.1, -0.05) is 43.7 Å². The van der Waals surface area contributed by atoms with Gasteiger partial charge in [-0.25, -0.2) is 9.24 Å². The third-order valence-corrected chi connectivity index (χ3v) is 5.53. The van der Waals surface area contributed by atoms with Crippen LogP contribution in [-0.4, -0.2) is 42.7 Å². The molecule has 6 heteroatoms. The Labute approximate surface area is 140 Å². The van der Waals surface area contributed by atoms with Crippen LogP contribution in [0.2, 0.25) is 0 Å². The van der Waals surface area contributed by atoms with E-state index in [9.17, 15) is 4.57 Å². The van der Waals surface area contributed by atoms with Gasteiger partial charge in [0.15, 0.2) is 0 Å². The molecule has 0 aliphatic heterocycles.